The summed E-state index contributed by atoms with van der Waals surface area (Å²) in [6, 6.07) is 13.8. The molecule has 0 aliphatic rings. The van der Waals surface area contributed by atoms with Gasteiger partial charge in [-0.2, -0.15) is 0 Å². The predicted octanol–water partition coefficient (Wildman–Crippen LogP) is 4.17. The van der Waals surface area contributed by atoms with Crippen LogP contribution in [0, 0.1) is 6.92 Å². The number of carbonyl (C=O) groups is 1. The standard InChI is InChI=1S/C27H30N2O5/c1-18-21(14-28-15-22(18)20-8-6-5-7-9-20)11-10-19-12-24(33-3)23(25(13-19)34-4)16-29-27(2,17-30)26(31)32/h5-15,29-30H,16-17H2,1-4H3,(H,31,32). The Morgan fingerprint density at radius 1 is 1.09 bits per heavy atom. The van der Waals surface area contributed by atoms with Crippen molar-refractivity contribution in [2.75, 3.05) is 20.8 Å². The van der Waals surface area contributed by atoms with Gasteiger partial charge in [0, 0.05) is 30.1 Å². The highest BCUT2D eigenvalue weighted by Crippen LogP contribution is 2.32. The molecule has 7 nitrogen and oxygen atoms in total. The first-order valence-electron chi connectivity index (χ1n) is 10.8. The van der Waals surface area contributed by atoms with Gasteiger partial charge in [-0.15, -0.1) is 0 Å². The Labute approximate surface area is 199 Å². The minimum absolute atomic E-state index is 0.141. The van der Waals surface area contributed by atoms with Crippen LogP contribution in [0.3, 0.4) is 0 Å². The van der Waals surface area contributed by atoms with E-state index in [1.165, 1.54) is 6.92 Å². The van der Waals surface area contributed by atoms with Crippen LogP contribution in [-0.2, 0) is 11.3 Å². The monoisotopic (exact) mass is 462 g/mol. The van der Waals surface area contributed by atoms with Crippen LogP contribution in [0.25, 0.3) is 23.3 Å². The number of rotatable bonds is 10. The van der Waals surface area contributed by atoms with E-state index in [4.69, 9.17) is 9.47 Å². The minimum atomic E-state index is -1.48. The SMILES string of the molecule is COc1cc(C=Cc2cncc(-c3ccccc3)c2C)cc(OC)c1CNC(C)(CO)C(=O)O. The number of carboxylic acid groups (broad SMARTS) is 1. The number of aliphatic hydroxyl groups excluding tert-OH is 1. The number of carboxylic acids is 1. The maximum absolute atomic E-state index is 11.5. The highest BCUT2D eigenvalue weighted by molar-refractivity contribution is 5.79. The molecule has 3 N–H and O–H groups in total. The van der Waals surface area contributed by atoms with Crippen molar-refractivity contribution in [2.24, 2.45) is 0 Å². The molecule has 178 valence electrons. The van der Waals surface area contributed by atoms with Gasteiger partial charge in [-0.05, 0) is 48.2 Å². The Hall–Kier alpha value is -3.68. The van der Waals surface area contributed by atoms with Gasteiger partial charge in [0.15, 0.2) is 0 Å². The highest BCUT2D eigenvalue weighted by atomic mass is 16.5. The van der Waals surface area contributed by atoms with Gasteiger partial charge in [0.1, 0.15) is 17.0 Å². The van der Waals surface area contributed by atoms with E-state index in [1.54, 1.807) is 14.2 Å². The fraction of sp³-hybridized carbons (Fsp3) is 0.259. The third kappa shape index (κ3) is 5.44. The van der Waals surface area contributed by atoms with Crippen molar-refractivity contribution in [1.29, 1.82) is 0 Å². The Bertz CT molecular complexity index is 1150. The molecule has 3 rings (SSSR count). The fourth-order valence-corrected chi connectivity index (χ4v) is 3.56. The molecule has 34 heavy (non-hydrogen) atoms. The van der Waals surface area contributed by atoms with E-state index < -0.39 is 18.1 Å². The van der Waals surface area contributed by atoms with Crippen LogP contribution < -0.4 is 14.8 Å². The van der Waals surface area contributed by atoms with Crippen molar-refractivity contribution >= 4 is 18.1 Å². The predicted molar refractivity (Wildman–Crippen MR) is 133 cm³/mol. The van der Waals surface area contributed by atoms with Gasteiger partial charge in [-0.25, -0.2) is 0 Å². The minimum Gasteiger partial charge on any atom is -0.496 e. The zero-order valence-corrected chi connectivity index (χ0v) is 19.8. The Morgan fingerprint density at radius 2 is 1.74 bits per heavy atom. The lowest BCUT2D eigenvalue weighted by atomic mass is 9.98. The van der Waals surface area contributed by atoms with Crippen LogP contribution in [0.15, 0.2) is 54.9 Å². The van der Waals surface area contributed by atoms with E-state index in [1.807, 2.05) is 54.9 Å². The van der Waals surface area contributed by atoms with Gasteiger partial charge in [0.25, 0.3) is 0 Å². The van der Waals surface area contributed by atoms with Crippen molar-refractivity contribution in [3.63, 3.8) is 0 Å². The van der Waals surface area contributed by atoms with Crippen LogP contribution >= 0.6 is 0 Å². The van der Waals surface area contributed by atoms with Crippen molar-refractivity contribution in [3.05, 3.63) is 77.1 Å². The van der Waals surface area contributed by atoms with E-state index in [-0.39, 0.29) is 6.54 Å². The van der Waals surface area contributed by atoms with E-state index in [0.29, 0.717) is 17.1 Å². The molecule has 0 amide bonds. The first kappa shape index (κ1) is 25.0. The normalized spacial score (nSPS) is 13.0. The lowest BCUT2D eigenvalue weighted by Crippen LogP contribution is -2.52. The molecule has 1 atom stereocenters. The van der Waals surface area contributed by atoms with Crippen LogP contribution in [-0.4, -0.2) is 47.5 Å². The van der Waals surface area contributed by atoms with Crippen LogP contribution in [0.5, 0.6) is 11.5 Å². The van der Waals surface area contributed by atoms with E-state index in [9.17, 15) is 15.0 Å². The molecule has 1 heterocycles. The summed E-state index contributed by atoms with van der Waals surface area (Å²) in [5.41, 5.74) is 4.32. The largest absolute Gasteiger partial charge is 0.496 e. The molecule has 0 spiro atoms. The fourth-order valence-electron chi connectivity index (χ4n) is 3.56. The average Bonchev–Trinajstić information content (AvgIpc) is 2.86. The maximum atomic E-state index is 11.5. The number of benzene rings is 2. The third-order valence-electron chi connectivity index (χ3n) is 5.87. The smallest absolute Gasteiger partial charge is 0.326 e. The molecule has 1 unspecified atom stereocenters. The van der Waals surface area contributed by atoms with Gasteiger partial charge >= 0.3 is 5.97 Å². The number of hydrogen-bond donors (Lipinski definition) is 3. The zero-order valence-electron chi connectivity index (χ0n) is 19.8. The number of nitrogens with zero attached hydrogens (tertiary/aromatic N) is 1. The second-order valence-corrected chi connectivity index (χ2v) is 8.15. The number of hydrogen-bond acceptors (Lipinski definition) is 6. The van der Waals surface area contributed by atoms with Crippen molar-refractivity contribution in [1.82, 2.24) is 10.3 Å². The molecule has 3 aromatic rings. The third-order valence-corrected chi connectivity index (χ3v) is 5.87. The van der Waals surface area contributed by atoms with Crippen molar-refractivity contribution < 1.29 is 24.5 Å². The average molecular weight is 463 g/mol. The summed E-state index contributed by atoms with van der Waals surface area (Å²) in [7, 11) is 3.09. The quantitative estimate of drug-likeness (QED) is 0.416. The first-order valence-corrected chi connectivity index (χ1v) is 10.8. The van der Waals surface area contributed by atoms with Gasteiger partial charge in [0.05, 0.1) is 20.8 Å². The van der Waals surface area contributed by atoms with Crippen molar-refractivity contribution in [3.8, 4) is 22.6 Å². The number of pyridine rings is 1. The van der Waals surface area contributed by atoms with Crippen molar-refractivity contribution in [2.45, 2.75) is 25.9 Å². The summed E-state index contributed by atoms with van der Waals surface area (Å²) in [4.78, 5) is 15.9. The maximum Gasteiger partial charge on any atom is 0.326 e. The molecule has 1 aromatic heterocycles. The summed E-state index contributed by atoms with van der Waals surface area (Å²) in [6.45, 7) is 3.08. The molecule has 0 saturated heterocycles. The molecule has 0 radical (unpaired) electrons. The molecule has 0 aliphatic heterocycles. The summed E-state index contributed by atoms with van der Waals surface area (Å²) in [5, 5.41) is 21.8. The summed E-state index contributed by atoms with van der Waals surface area (Å²) < 4.78 is 11.1. The molecule has 0 saturated carbocycles. The Kier molecular flexibility index (Phi) is 8.04. The second-order valence-electron chi connectivity index (χ2n) is 8.15. The van der Waals surface area contributed by atoms with Crippen LogP contribution in [0.2, 0.25) is 0 Å². The van der Waals surface area contributed by atoms with Gasteiger partial charge in [0.2, 0.25) is 0 Å². The topological polar surface area (TPSA) is 101 Å². The van der Waals surface area contributed by atoms with E-state index in [0.717, 1.165) is 27.8 Å². The first-order chi connectivity index (χ1) is 16.3. The molecular formula is C27H30N2O5. The number of aromatic nitrogens is 1. The van der Waals surface area contributed by atoms with Crippen LogP contribution in [0.4, 0.5) is 0 Å². The molecule has 0 bridgehead atoms. The summed E-state index contributed by atoms with van der Waals surface area (Å²) in [5.74, 6) is -0.0516. The number of nitrogens with one attached hydrogen (secondary N) is 1. The molecule has 2 aromatic carbocycles. The molecule has 0 aliphatic carbocycles. The summed E-state index contributed by atoms with van der Waals surface area (Å²) in [6.07, 6.45) is 7.64. The lowest BCUT2D eigenvalue weighted by Gasteiger charge is -2.25. The zero-order chi connectivity index (χ0) is 24.7. The Balaban J connectivity index is 1.91. The molecule has 7 heteroatoms. The van der Waals surface area contributed by atoms with Gasteiger partial charge < -0.3 is 19.7 Å². The number of methoxy groups -OCH3 is 2. The highest BCUT2D eigenvalue weighted by Gasteiger charge is 2.32. The summed E-state index contributed by atoms with van der Waals surface area (Å²) >= 11 is 0. The number of ether oxygens (including phenoxy) is 2. The lowest BCUT2D eigenvalue weighted by molar-refractivity contribution is -0.145. The number of aliphatic carboxylic acids is 1. The second kappa shape index (κ2) is 11.0. The van der Waals surface area contributed by atoms with Gasteiger partial charge in [-0.3, -0.25) is 15.1 Å². The number of aliphatic hydroxyl groups is 1. The van der Waals surface area contributed by atoms with E-state index >= 15 is 0 Å². The van der Waals surface area contributed by atoms with Gasteiger partial charge in [-0.1, -0.05) is 42.5 Å². The molecule has 0 fully saturated rings. The van der Waals surface area contributed by atoms with E-state index in [2.05, 4.69) is 29.4 Å². The van der Waals surface area contributed by atoms with Crippen LogP contribution in [0.1, 0.15) is 29.2 Å². The molecular weight excluding hydrogens is 432 g/mol. The Morgan fingerprint density at radius 3 is 2.29 bits per heavy atom.